The van der Waals surface area contributed by atoms with E-state index in [2.05, 4.69) is 15.3 Å². The fourth-order valence-electron chi connectivity index (χ4n) is 2.42. The zero-order valence-electron chi connectivity index (χ0n) is 13.9. The van der Waals surface area contributed by atoms with Crippen LogP contribution in [-0.2, 0) is 4.74 Å². The van der Waals surface area contributed by atoms with Gasteiger partial charge in [0.15, 0.2) is 5.78 Å². The third kappa shape index (κ3) is 5.59. The number of nitrogens with zero attached hydrogens (tertiary/aromatic N) is 3. The standard InChI is InChI=1S/C16H24N4O3/c1-16(2,3)23-15(22)20-7-4-12(11-20)8-18-10-14(21)13-9-17-5-6-19-13/h5-6,9,12,18H,4,7-8,10-11H2,1-3H3/t12-/m0/s1. The highest BCUT2D eigenvalue weighted by molar-refractivity contribution is 5.95. The Balaban J connectivity index is 1.70. The molecular formula is C16H24N4O3. The van der Waals surface area contributed by atoms with Crippen LogP contribution in [0.25, 0.3) is 0 Å². The molecule has 1 amide bonds. The number of hydrogen-bond acceptors (Lipinski definition) is 6. The summed E-state index contributed by atoms with van der Waals surface area (Å²) in [5.74, 6) is 0.247. The van der Waals surface area contributed by atoms with E-state index in [-0.39, 0.29) is 18.4 Å². The van der Waals surface area contributed by atoms with Crippen LogP contribution in [0.15, 0.2) is 18.6 Å². The summed E-state index contributed by atoms with van der Waals surface area (Å²) in [4.78, 5) is 33.5. The van der Waals surface area contributed by atoms with E-state index in [1.165, 1.54) is 18.6 Å². The summed E-state index contributed by atoms with van der Waals surface area (Å²) < 4.78 is 5.37. The van der Waals surface area contributed by atoms with E-state index in [9.17, 15) is 9.59 Å². The topological polar surface area (TPSA) is 84.4 Å². The van der Waals surface area contributed by atoms with Crippen LogP contribution in [0.3, 0.4) is 0 Å². The van der Waals surface area contributed by atoms with E-state index in [1.54, 1.807) is 4.90 Å². The molecule has 1 aromatic heterocycles. The molecule has 1 saturated heterocycles. The van der Waals surface area contributed by atoms with Gasteiger partial charge in [-0.3, -0.25) is 9.78 Å². The van der Waals surface area contributed by atoms with Gasteiger partial charge in [0.2, 0.25) is 0 Å². The number of carbonyl (C=O) groups is 2. The smallest absolute Gasteiger partial charge is 0.410 e. The van der Waals surface area contributed by atoms with Crippen LogP contribution in [0.5, 0.6) is 0 Å². The summed E-state index contributed by atoms with van der Waals surface area (Å²) >= 11 is 0. The monoisotopic (exact) mass is 320 g/mol. The second kappa shape index (κ2) is 7.50. The largest absolute Gasteiger partial charge is 0.444 e. The number of carbonyl (C=O) groups excluding carboxylic acids is 2. The van der Waals surface area contributed by atoms with E-state index in [0.29, 0.717) is 31.2 Å². The van der Waals surface area contributed by atoms with Crippen LogP contribution < -0.4 is 5.32 Å². The predicted octanol–water partition coefficient (Wildman–Crippen LogP) is 1.51. The Labute approximate surface area is 136 Å². The molecule has 7 nitrogen and oxygen atoms in total. The average Bonchev–Trinajstić information content (AvgIpc) is 2.95. The lowest BCUT2D eigenvalue weighted by molar-refractivity contribution is 0.0288. The molecule has 1 N–H and O–H groups in total. The van der Waals surface area contributed by atoms with Crippen LogP contribution in [-0.4, -0.2) is 58.5 Å². The fourth-order valence-corrected chi connectivity index (χ4v) is 2.42. The maximum absolute atomic E-state index is 12.0. The molecule has 1 atom stereocenters. The lowest BCUT2D eigenvalue weighted by Crippen LogP contribution is -2.36. The number of nitrogens with one attached hydrogen (secondary N) is 1. The minimum absolute atomic E-state index is 0.0832. The van der Waals surface area contributed by atoms with Crippen LogP contribution >= 0.6 is 0 Å². The first-order valence-electron chi connectivity index (χ1n) is 7.83. The Hall–Kier alpha value is -2.02. The number of ketones is 1. The van der Waals surface area contributed by atoms with Gasteiger partial charge in [-0.25, -0.2) is 9.78 Å². The van der Waals surface area contributed by atoms with Gasteiger partial charge in [-0.2, -0.15) is 0 Å². The quantitative estimate of drug-likeness (QED) is 0.828. The van der Waals surface area contributed by atoms with Crippen molar-refractivity contribution in [1.29, 1.82) is 0 Å². The van der Waals surface area contributed by atoms with Gasteiger partial charge in [0.05, 0.1) is 12.7 Å². The van der Waals surface area contributed by atoms with Gasteiger partial charge in [0.25, 0.3) is 0 Å². The molecule has 0 aliphatic carbocycles. The molecule has 0 spiro atoms. The molecule has 7 heteroatoms. The molecule has 2 rings (SSSR count). The van der Waals surface area contributed by atoms with Crippen molar-refractivity contribution in [2.24, 2.45) is 5.92 Å². The lowest BCUT2D eigenvalue weighted by atomic mass is 10.1. The van der Waals surface area contributed by atoms with Crippen molar-refractivity contribution >= 4 is 11.9 Å². The van der Waals surface area contributed by atoms with E-state index >= 15 is 0 Å². The summed E-state index contributed by atoms with van der Waals surface area (Å²) in [7, 11) is 0. The van der Waals surface area contributed by atoms with Crippen molar-refractivity contribution < 1.29 is 14.3 Å². The molecule has 1 aliphatic heterocycles. The highest BCUT2D eigenvalue weighted by atomic mass is 16.6. The van der Waals surface area contributed by atoms with E-state index in [0.717, 1.165) is 6.42 Å². The van der Waals surface area contributed by atoms with Gasteiger partial charge in [-0.1, -0.05) is 0 Å². The van der Waals surface area contributed by atoms with Crippen molar-refractivity contribution in [3.63, 3.8) is 0 Å². The number of likely N-dealkylation sites (tertiary alicyclic amines) is 1. The molecule has 2 heterocycles. The number of aromatic nitrogens is 2. The van der Waals surface area contributed by atoms with Gasteiger partial charge in [-0.15, -0.1) is 0 Å². The number of amides is 1. The summed E-state index contributed by atoms with van der Waals surface area (Å²) in [6, 6.07) is 0. The van der Waals surface area contributed by atoms with Gasteiger partial charge >= 0.3 is 6.09 Å². The van der Waals surface area contributed by atoms with Crippen molar-refractivity contribution in [3.8, 4) is 0 Å². The third-order valence-corrected chi connectivity index (χ3v) is 3.50. The second-order valence-electron chi connectivity index (χ2n) is 6.73. The van der Waals surface area contributed by atoms with E-state index < -0.39 is 5.60 Å². The minimum atomic E-state index is -0.476. The molecule has 23 heavy (non-hydrogen) atoms. The Kier molecular flexibility index (Phi) is 5.65. The van der Waals surface area contributed by atoms with Crippen LogP contribution in [0.1, 0.15) is 37.7 Å². The fraction of sp³-hybridized carbons (Fsp3) is 0.625. The molecule has 126 valence electrons. The average molecular weight is 320 g/mol. The van der Waals surface area contributed by atoms with Gasteiger partial charge in [0.1, 0.15) is 11.3 Å². The number of hydrogen-bond donors (Lipinski definition) is 1. The minimum Gasteiger partial charge on any atom is -0.444 e. The lowest BCUT2D eigenvalue weighted by Gasteiger charge is -2.24. The predicted molar refractivity (Wildman–Crippen MR) is 85.1 cm³/mol. The second-order valence-corrected chi connectivity index (χ2v) is 6.73. The van der Waals surface area contributed by atoms with Crippen LogP contribution in [0.4, 0.5) is 4.79 Å². The maximum Gasteiger partial charge on any atom is 0.410 e. The molecule has 0 unspecified atom stereocenters. The Morgan fingerprint density at radius 1 is 1.39 bits per heavy atom. The Morgan fingerprint density at radius 3 is 2.83 bits per heavy atom. The van der Waals surface area contributed by atoms with Crippen LogP contribution in [0, 0.1) is 5.92 Å². The Morgan fingerprint density at radius 2 is 2.17 bits per heavy atom. The first-order valence-corrected chi connectivity index (χ1v) is 7.83. The van der Waals surface area contributed by atoms with Crippen molar-refractivity contribution in [1.82, 2.24) is 20.2 Å². The van der Waals surface area contributed by atoms with Gasteiger partial charge < -0.3 is 15.0 Å². The normalized spacial score (nSPS) is 18.0. The first-order chi connectivity index (χ1) is 10.8. The zero-order valence-corrected chi connectivity index (χ0v) is 13.9. The highest BCUT2D eigenvalue weighted by Gasteiger charge is 2.29. The van der Waals surface area contributed by atoms with Gasteiger partial charge in [0, 0.05) is 32.0 Å². The SMILES string of the molecule is CC(C)(C)OC(=O)N1CC[C@@H](CNCC(=O)c2cnccn2)C1. The molecule has 1 aromatic rings. The number of ether oxygens (including phenoxy) is 1. The van der Waals surface area contributed by atoms with Gasteiger partial charge in [-0.05, 0) is 33.1 Å². The molecular weight excluding hydrogens is 296 g/mol. The maximum atomic E-state index is 12.0. The van der Waals surface area contributed by atoms with Crippen molar-refractivity contribution in [3.05, 3.63) is 24.3 Å². The molecule has 0 aromatic carbocycles. The zero-order chi connectivity index (χ0) is 16.9. The Bertz CT molecular complexity index is 542. The molecule has 0 radical (unpaired) electrons. The summed E-state index contributed by atoms with van der Waals surface area (Å²) in [6.07, 6.45) is 5.14. The van der Waals surface area contributed by atoms with Crippen molar-refractivity contribution in [2.45, 2.75) is 32.8 Å². The third-order valence-electron chi connectivity index (χ3n) is 3.50. The number of rotatable bonds is 5. The highest BCUT2D eigenvalue weighted by Crippen LogP contribution is 2.18. The molecule has 0 saturated carbocycles. The van der Waals surface area contributed by atoms with E-state index in [1.807, 2.05) is 20.8 Å². The summed E-state index contributed by atoms with van der Waals surface area (Å²) in [5, 5.41) is 3.14. The van der Waals surface area contributed by atoms with E-state index in [4.69, 9.17) is 4.74 Å². The molecule has 1 fully saturated rings. The summed E-state index contributed by atoms with van der Waals surface area (Å²) in [6.45, 7) is 7.84. The molecule has 0 bridgehead atoms. The summed E-state index contributed by atoms with van der Waals surface area (Å²) in [5.41, 5.74) is -0.113. The van der Waals surface area contributed by atoms with Crippen molar-refractivity contribution in [2.75, 3.05) is 26.2 Å². The molecule has 1 aliphatic rings. The van der Waals surface area contributed by atoms with Crippen LogP contribution in [0.2, 0.25) is 0 Å². The number of Topliss-reactive ketones (excluding diaryl/α,β-unsaturated/α-hetero) is 1. The first kappa shape index (κ1) is 17.3.